The highest BCUT2D eigenvalue weighted by molar-refractivity contribution is 7.89. The summed E-state index contributed by atoms with van der Waals surface area (Å²) in [6.07, 6.45) is -0.295. The molecule has 1 N–H and O–H groups in total. The number of nitrogens with one attached hydrogen (secondary N) is 1. The first-order chi connectivity index (χ1) is 12.8. The third-order valence-electron chi connectivity index (χ3n) is 4.16. The number of ether oxygens (including phenoxy) is 2. The van der Waals surface area contributed by atoms with Crippen LogP contribution in [0.3, 0.4) is 0 Å². The fourth-order valence-corrected chi connectivity index (χ4v) is 4.38. The van der Waals surface area contributed by atoms with Gasteiger partial charge >= 0.3 is 5.97 Å². The van der Waals surface area contributed by atoms with Gasteiger partial charge < -0.3 is 14.8 Å². The van der Waals surface area contributed by atoms with Crippen molar-refractivity contribution in [3.63, 3.8) is 0 Å². The number of hydrogen-bond donors (Lipinski definition) is 1. The molecule has 1 aliphatic heterocycles. The van der Waals surface area contributed by atoms with E-state index in [4.69, 9.17) is 9.47 Å². The number of nitrogens with zero attached hydrogens (tertiary/aromatic N) is 1. The summed E-state index contributed by atoms with van der Waals surface area (Å²) in [5, 5.41) is 2.54. The third-order valence-corrected chi connectivity index (χ3v) is 6.09. The fourth-order valence-electron chi connectivity index (χ4n) is 2.73. The molecule has 150 valence electrons. The Morgan fingerprint density at radius 2 is 2.00 bits per heavy atom. The van der Waals surface area contributed by atoms with Gasteiger partial charge in [-0.05, 0) is 44.0 Å². The van der Waals surface area contributed by atoms with Crippen molar-refractivity contribution in [1.82, 2.24) is 9.62 Å². The van der Waals surface area contributed by atoms with Crippen molar-refractivity contribution >= 4 is 21.9 Å². The number of halogens is 1. The topological polar surface area (TPSA) is 102 Å². The zero-order chi connectivity index (χ0) is 20.0. The van der Waals surface area contributed by atoms with Crippen molar-refractivity contribution in [1.29, 1.82) is 0 Å². The molecular weight excluding hydrogens is 379 g/mol. The van der Waals surface area contributed by atoms with E-state index in [-0.39, 0.29) is 24.4 Å². The normalized spacial score (nSPS) is 18.9. The minimum atomic E-state index is -3.97. The van der Waals surface area contributed by atoms with Gasteiger partial charge in [0.1, 0.15) is 11.9 Å². The second-order valence-electron chi connectivity index (χ2n) is 6.09. The molecule has 1 aliphatic rings. The molecule has 2 rings (SSSR count). The van der Waals surface area contributed by atoms with E-state index >= 15 is 0 Å². The average molecular weight is 402 g/mol. The van der Waals surface area contributed by atoms with E-state index in [2.05, 4.69) is 5.32 Å². The Morgan fingerprint density at radius 3 is 2.63 bits per heavy atom. The monoisotopic (exact) mass is 402 g/mol. The van der Waals surface area contributed by atoms with Crippen molar-refractivity contribution < 1.29 is 31.9 Å². The minimum Gasteiger partial charge on any atom is -0.451 e. The van der Waals surface area contributed by atoms with Gasteiger partial charge in [0.05, 0.1) is 11.5 Å². The highest BCUT2D eigenvalue weighted by Crippen LogP contribution is 2.27. The first-order valence-electron chi connectivity index (χ1n) is 8.52. The van der Waals surface area contributed by atoms with Crippen LogP contribution in [0.25, 0.3) is 0 Å². The van der Waals surface area contributed by atoms with Crippen molar-refractivity contribution in [2.75, 3.05) is 26.8 Å². The largest absolute Gasteiger partial charge is 0.451 e. The molecule has 0 unspecified atom stereocenters. The number of esters is 1. The molecule has 1 saturated heterocycles. The highest BCUT2D eigenvalue weighted by atomic mass is 32.2. The first kappa shape index (κ1) is 21.3. The smallest absolute Gasteiger partial charge is 0.325 e. The molecular formula is C17H23FN2O6S. The lowest BCUT2D eigenvalue weighted by atomic mass is 10.2. The Morgan fingerprint density at radius 1 is 1.33 bits per heavy atom. The molecule has 27 heavy (non-hydrogen) atoms. The van der Waals surface area contributed by atoms with E-state index in [1.807, 2.05) is 0 Å². The first-order valence-corrected chi connectivity index (χ1v) is 9.96. The summed E-state index contributed by atoms with van der Waals surface area (Å²) in [6.45, 7) is 2.14. The number of carbonyl (C=O) groups is 2. The van der Waals surface area contributed by atoms with Crippen LogP contribution >= 0.6 is 0 Å². The van der Waals surface area contributed by atoms with E-state index in [0.29, 0.717) is 13.0 Å². The van der Waals surface area contributed by atoms with Crippen LogP contribution in [0.4, 0.5) is 4.39 Å². The molecule has 0 bridgehead atoms. The summed E-state index contributed by atoms with van der Waals surface area (Å²) in [5.41, 5.74) is 0. The van der Waals surface area contributed by atoms with Crippen molar-refractivity contribution in [2.45, 2.75) is 36.8 Å². The molecule has 10 heteroatoms. The van der Waals surface area contributed by atoms with E-state index in [9.17, 15) is 22.4 Å². The van der Waals surface area contributed by atoms with Crippen LogP contribution in [0.15, 0.2) is 29.2 Å². The molecule has 8 nitrogen and oxygen atoms in total. The molecule has 1 aromatic carbocycles. The Hall–Kier alpha value is -2.04. The maximum absolute atomic E-state index is 13.1. The van der Waals surface area contributed by atoms with Crippen LogP contribution in [0.1, 0.15) is 19.8 Å². The van der Waals surface area contributed by atoms with Gasteiger partial charge in [-0.2, -0.15) is 4.31 Å². The van der Waals surface area contributed by atoms with E-state index in [1.165, 1.54) is 14.0 Å². The molecule has 1 aromatic rings. The average Bonchev–Trinajstić information content (AvgIpc) is 3.13. The van der Waals surface area contributed by atoms with E-state index in [1.54, 1.807) is 0 Å². The van der Waals surface area contributed by atoms with Crippen LogP contribution in [0, 0.1) is 5.82 Å². The van der Waals surface area contributed by atoms with Crippen LogP contribution in [0.2, 0.25) is 0 Å². The van der Waals surface area contributed by atoms with Gasteiger partial charge in [-0.25, -0.2) is 12.8 Å². The lowest BCUT2D eigenvalue weighted by Gasteiger charge is -2.24. The molecule has 2 atom stereocenters. The molecule has 0 aliphatic carbocycles. The summed E-state index contributed by atoms with van der Waals surface area (Å²) in [5.74, 6) is -1.83. The van der Waals surface area contributed by atoms with Crippen LogP contribution in [-0.2, 0) is 29.1 Å². The molecule has 0 saturated carbocycles. The van der Waals surface area contributed by atoms with Crippen LogP contribution in [-0.4, -0.2) is 63.6 Å². The molecule has 1 heterocycles. The lowest BCUT2D eigenvalue weighted by molar-refractivity contribution is -0.157. The highest BCUT2D eigenvalue weighted by Gasteiger charge is 2.41. The summed E-state index contributed by atoms with van der Waals surface area (Å²) in [6, 6.07) is 3.37. The van der Waals surface area contributed by atoms with E-state index in [0.717, 1.165) is 28.6 Å². The number of hydrogen-bond acceptors (Lipinski definition) is 6. The lowest BCUT2D eigenvalue weighted by Crippen LogP contribution is -2.44. The standard InChI is InChI=1S/C17H23FN2O6S/c1-12(16(21)19-9-11-25-2)26-17(22)15-4-3-10-20(15)27(23,24)14-7-5-13(18)6-8-14/h5-8,12,15H,3-4,9-11H2,1-2H3,(H,19,21)/t12-,15-/m0/s1. The second-order valence-corrected chi connectivity index (χ2v) is 7.98. The number of sulfonamides is 1. The molecule has 1 fully saturated rings. The molecule has 0 radical (unpaired) electrons. The Balaban J connectivity index is 2.05. The number of amides is 1. The zero-order valence-electron chi connectivity index (χ0n) is 15.2. The maximum atomic E-state index is 13.1. The third kappa shape index (κ3) is 5.24. The van der Waals surface area contributed by atoms with Crippen molar-refractivity contribution in [2.24, 2.45) is 0 Å². The van der Waals surface area contributed by atoms with Crippen molar-refractivity contribution in [3.8, 4) is 0 Å². The fraction of sp³-hybridized carbons (Fsp3) is 0.529. The van der Waals surface area contributed by atoms with Gasteiger partial charge in [-0.15, -0.1) is 0 Å². The predicted octanol–water partition coefficient (Wildman–Crippen LogP) is 0.673. The Bertz CT molecular complexity index is 768. The van der Waals surface area contributed by atoms with Crippen LogP contribution < -0.4 is 5.32 Å². The number of benzene rings is 1. The molecule has 1 amide bonds. The minimum absolute atomic E-state index is 0.103. The number of carbonyl (C=O) groups excluding carboxylic acids is 2. The van der Waals surface area contributed by atoms with Gasteiger partial charge in [0.25, 0.3) is 5.91 Å². The Kier molecular flexibility index (Phi) is 7.28. The summed E-state index contributed by atoms with van der Waals surface area (Å²) >= 11 is 0. The zero-order valence-corrected chi connectivity index (χ0v) is 16.0. The van der Waals surface area contributed by atoms with Gasteiger partial charge in [-0.1, -0.05) is 0 Å². The summed E-state index contributed by atoms with van der Waals surface area (Å²) in [4.78, 5) is 24.2. The van der Waals surface area contributed by atoms with Gasteiger partial charge in [0, 0.05) is 20.2 Å². The van der Waals surface area contributed by atoms with Gasteiger partial charge in [0.2, 0.25) is 10.0 Å². The SMILES string of the molecule is COCCNC(=O)[C@H](C)OC(=O)[C@@H]1CCCN1S(=O)(=O)c1ccc(F)cc1. The summed E-state index contributed by atoms with van der Waals surface area (Å²) < 4.78 is 49.6. The van der Waals surface area contributed by atoms with E-state index < -0.39 is 39.9 Å². The summed E-state index contributed by atoms with van der Waals surface area (Å²) in [7, 11) is -2.48. The molecule has 0 spiro atoms. The molecule has 0 aromatic heterocycles. The predicted molar refractivity (Wildman–Crippen MR) is 93.8 cm³/mol. The van der Waals surface area contributed by atoms with Gasteiger partial charge in [0.15, 0.2) is 6.10 Å². The Labute approximate surface area is 157 Å². The van der Waals surface area contributed by atoms with Crippen LogP contribution in [0.5, 0.6) is 0 Å². The number of methoxy groups -OCH3 is 1. The number of rotatable bonds is 8. The quantitative estimate of drug-likeness (QED) is 0.507. The van der Waals surface area contributed by atoms with Crippen molar-refractivity contribution in [3.05, 3.63) is 30.1 Å². The van der Waals surface area contributed by atoms with Gasteiger partial charge in [-0.3, -0.25) is 9.59 Å². The second kappa shape index (κ2) is 9.25. The maximum Gasteiger partial charge on any atom is 0.325 e.